The summed E-state index contributed by atoms with van der Waals surface area (Å²) in [5.74, 6) is -0.707. The fraction of sp³-hybridized carbons (Fsp3) is 0.364. The fourth-order valence-corrected chi connectivity index (χ4v) is 4.43. The molecule has 4 rings (SSSR count). The van der Waals surface area contributed by atoms with Gasteiger partial charge in [0.25, 0.3) is 0 Å². The lowest BCUT2D eigenvalue weighted by atomic mass is 9.81. The molecule has 1 amide bonds. The number of aromatic carboxylic acids is 1. The first kappa shape index (κ1) is 21.4. The van der Waals surface area contributed by atoms with Crippen molar-refractivity contribution in [3.63, 3.8) is 0 Å². The highest BCUT2D eigenvalue weighted by atomic mass is 16.5. The molecule has 0 aliphatic carbocycles. The number of carboxylic acids is 1. The Balaban J connectivity index is 0.000000216. The number of carboxylic acid groups (broad SMARTS) is 1. The molecule has 1 unspecified atom stereocenters. The summed E-state index contributed by atoms with van der Waals surface area (Å²) in [6, 6.07) is 11.7. The van der Waals surface area contributed by atoms with Crippen molar-refractivity contribution in [3.8, 4) is 11.5 Å². The average molecular weight is 413 g/mol. The number of likely N-dealkylation sites (N-methyl/N-ethyl adjacent to an activating group) is 2. The molecule has 2 heterocycles. The largest absolute Gasteiger partial charge is 0.507 e. The molecule has 2 aromatic rings. The highest BCUT2D eigenvalue weighted by molar-refractivity contribution is 5.90. The number of carbonyl (C=O) groups is 2. The number of rotatable bonds is 2. The van der Waals surface area contributed by atoms with Gasteiger partial charge in [-0.15, -0.1) is 0 Å². The predicted molar refractivity (Wildman–Crippen MR) is 113 cm³/mol. The number of phenols is 1. The van der Waals surface area contributed by atoms with Gasteiger partial charge in [-0.05, 0) is 49.4 Å². The molecular weight excluding hydrogens is 386 g/mol. The number of hydrogen-bond acceptors (Lipinski definition) is 6. The molecule has 30 heavy (non-hydrogen) atoms. The van der Waals surface area contributed by atoms with Crippen LogP contribution in [0.15, 0.2) is 42.5 Å². The van der Waals surface area contributed by atoms with Gasteiger partial charge in [-0.2, -0.15) is 0 Å². The predicted octanol–water partition coefficient (Wildman–Crippen LogP) is 2.86. The Labute approximate surface area is 175 Å². The van der Waals surface area contributed by atoms with Crippen molar-refractivity contribution in [3.05, 3.63) is 53.6 Å². The molecule has 1 saturated heterocycles. The van der Waals surface area contributed by atoms with E-state index in [4.69, 9.17) is 14.9 Å². The van der Waals surface area contributed by atoms with Crippen molar-refractivity contribution >= 4 is 17.7 Å². The topological polar surface area (TPSA) is 102 Å². The zero-order chi connectivity index (χ0) is 22.1. The van der Waals surface area contributed by atoms with Crippen LogP contribution in [0.5, 0.6) is 11.5 Å². The summed E-state index contributed by atoms with van der Waals surface area (Å²) < 4.78 is 5.26. The third-order valence-corrected chi connectivity index (χ3v) is 5.85. The van der Waals surface area contributed by atoms with E-state index < -0.39 is 12.1 Å². The van der Waals surface area contributed by atoms with E-state index >= 15 is 0 Å². The summed E-state index contributed by atoms with van der Waals surface area (Å²) in [7, 11) is 5.86. The van der Waals surface area contributed by atoms with Gasteiger partial charge in [0.2, 0.25) is 0 Å². The zero-order valence-electron chi connectivity index (χ0n) is 17.5. The zero-order valence-corrected chi connectivity index (χ0v) is 17.5. The molecule has 0 spiro atoms. The maximum atomic E-state index is 11.4. The number of ether oxygens (including phenoxy) is 1. The van der Waals surface area contributed by atoms with E-state index in [-0.39, 0.29) is 16.7 Å². The molecule has 2 aliphatic heterocycles. The minimum absolute atomic E-state index is 0.0671. The van der Waals surface area contributed by atoms with E-state index in [1.54, 1.807) is 19.2 Å². The van der Waals surface area contributed by atoms with Crippen LogP contribution in [-0.2, 0) is 5.41 Å². The Morgan fingerprint density at radius 3 is 2.50 bits per heavy atom. The molecule has 160 valence electrons. The fourth-order valence-electron chi connectivity index (χ4n) is 4.43. The lowest BCUT2D eigenvalue weighted by Gasteiger charge is -2.32. The van der Waals surface area contributed by atoms with Crippen molar-refractivity contribution < 1.29 is 24.5 Å². The molecule has 2 aliphatic rings. The molecule has 2 atom stereocenters. The van der Waals surface area contributed by atoms with Crippen LogP contribution in [0.2, 0.25) is 0 Å². The first-order chi connectivity index (χ1) is 14.2. The second-order valence-electron chi connectivity index (χ2n) is 7.77. The van der Waals surface area contributed by atoms with Crippen LogP contribution >= 0.6 is 0 Å². The van der Waals surface area contributed by atoms with Crippen LogP contribution in [-0.4, -0.2) is 61.0 Å². The Morgan fingerprint density at radius 2 is 1.90 bits per heavy atom. The third-order valence-electron chi connectivity index (χ3n) is 5.85. The molecule has 0 bridgehead atoms. The number of anilines is 1. The summed E-state index contributed by atoms with van der Waals surface area (Å²) in [6.07, 6.45) is 1.07. The molecule has 8 heteroatoms. The van der Waals surface area contributed by atoms with Crippen LogP contribution in [0.4, 0.5) is 10.5 Å². The normalized spacial score (nSPS) is 21.9. The number of fused-ring (bicyclic) bond motifs is 3. The summed E-state index contributed by atoms with van der Waals surface area (Å²) in [4.78, 5) is 26.3. The van der Waals surface area contributed by atoms with Crippen molar-refractivity contribution in [2.45, 2.75) is 24.9 Å². The number of benzene rings is 2. The van der Waals surface area contributed by atoms with Crippen LogP contribution in [0, 0.1) is 0 Å². The van der Waals surface area contributed by atoms with Gasteiger partial charge in [0.15, 0.2) is 0 Å². The van der Waals surface area contributed by atoms with E-state index in [0.29, 0.717) is 11.9 Å². The van der Waals surface area contributed by atoms with E-state index in [1.807, 2.05) is 18.2 Å². The minimum atomic E-state index is -1.11. The van der Waals surface area contributed by atoms with Crippen LogP contribution in [0.25, 0.3) is 0 Å². The molecule has 0 radical (unpaired) electrons. The third kappa shape index (κ3) is 3.78. The SMILES string of the molecule is CNC(=O)Oc1ccc2c(c1)[C@]1(C)CCN(C)C1N2C.O=C(O)c1ccccc1O. The molecule has 0 aromatic heterocycles. The molecule has 1 fully saturated rings. The number of amides is 1. The lowest BCUT2D eigenvalue weighted by Crippen LogP contribution is -2.45. The Morgan fingerprint density at radius 1 is 1.20 bits per heavy atom. The molecule has 8 nitrogen and oxygen atoms in total. The van der Waals surface area contributed by atoms with Gasteiger partial charge in [0, 0.05) is 31.7 Å². The number of aromatic hydroxyl groups is 1. The average Bonchev–Trinajstić information content (AvgIpc) is 3.14. The number of nitrogens with one attached hydrogen (secondary N) is 1. The summed E-state index contributed by atoms with van der Waals surface area (Å²) in [5, 5.41) is 19.8. The Bertz CT molecular complexity index is 964. The highest BCUT2D eigenvalue weighted by Crippen LogP contribution is 2.51. The quantitative estimate of drug-likeness (QED) is 0.696. The van der Waals surface area contributed by atoms with Gasteiger partial charge in [-0.1, -0.05) is 19.1 Å². The van der Waals surface area contributed by atoms with Crippen LogP contribution < -0.4 is 15.0 Å². The van der Waals surface area contributed by atoms with Crippen LogP contribution in [0.3, 0.4) is 0 Å². The number of likely N-dealkylation sites (tertiary alicyclic amines) is 1. The van der Waals surface area contributed by atoms with Crippen molar-refractivity contribution in [2.75, 3.05) is 32.6 Å². The number of nitrogens with zero attached hydrogens (tertiary/aromatic N) is 2. The van der Waals surface area contributed by atoms with Gasteiger partial charge < -0.3 is 25.2 Å². The lowest BCUT2D eigenvalue weighted by molar-refractivity contribution is 0.0693. The minimum Gasteiger partial charge on any atom is -0.507 e. The maximum absolute atomic E-state index is 11.4. The number of carbonyl (C=O) groups excluding carboxylic acids is 1. The van der Waals surface area contributed by atoms with Gasteiger partial charge in [0.1, 0.15) is 17.1 Å². The highest BCUT2D eigenvalue weighted by Gasteiger charge is 2.52. The molecule has 0 saturated carbocycles. The number of para-hydroxylation sites is 1. The van der Waals surface area contributed by atoms with Gasteiger partial charge in [-0.3, -0.25) is 4.90 Å². The van der Waals surface area contributed by atoms with Crippen LogP contribution in [0.1, 0.15) is 29.3 Å². The van der Waals surface area contributed by atoms with E-state index in [0.717, 1.165) is 13.0 Å². The standard InChI is InChI=1S/C15H21N3O2.C7H6O3/c1-15-7-8-17(3)13(15)18(4)12-6-5-10(9-11(12)15)20-14(19)16-2;8-6-4-2-1-3-5(6)7(9)10/h5-6,9,13H,7-8H2,1-4H3,(H,16,19);1-4,8H,(H,9,10)/t13?,15-;/m0./s1. The van der Waals surface area contributed by atoms with E-state index in [9.17, 15) is 9.59 Å². The van der Waals surface area contributed by atoms with Gasteiger partial charge in [-0.25, -0.2) is 9.59 Å². The van der Waals surface area contributed by atoms with Gasteiger partial charge in [0.05, 0.1) is 6.17 Å². The van der Waals surface area contributed by atoms with Gasteiger partial charge >= 0.3 is 12.1 Å². The maximum Gasteiger partial charge on any atom is 0.412 e. The van der Waals surface area contributed by atoms with Crippen molar-refractivity contribution in [1.29, 1.82) is 0 Å². The first-order valence-electron chi connectivity index (χ1n) is 9.67. The monoisotopic (exact) mass is 413 g/mol. The smallest absolute Gasteiger partial charge is 0.412 e. The number of hydrogen-bond donors (Lipinski definition) is 3. The molecular formula is C22H27N3O5. The second kappa shape index (κ2) is 8.23. The summed E-state index contributed by atoms with van der Waals surface area (Å²) >= 11 is 0. The Kier molecular flexibility index (Phi) is 5.89. The van der Waals surface area contributed by atoms with E-state index in [1.165, 1.54) is 23.4 Å². The van der Waals surface area contributed by atoms with Crippen molar-refractivity contribution in [2.24, 2.45) is 0 Å². The molecule has 2 aromatic carbocycles. The molecule has 3 N–H and O–H groups in total. The van der Waals surface area contributed by atoms with E-state index in [2.05, 4.69) is 36.1 Å². The second-order valence-corrected chi connectivity index (χ2v) is 7.77. The van der Waals surface area contributed by atoms with Crippen molar-refractivity contribution in [1.82, 2.24) is 10.2 Å². The summed E-state index contributed by atoms with van der Waals surface area (Å²) in [6.45, 7) is 3.39. The first-order valence-corrected chi connectivity index (χ1v) is 9.67. The summed E-state index contributed by atoms with van der Waals surface area (Å²) in [5.41, 5.74) is 2.53. The Hall–Kier alpha value is -3.26.